The number of anilines is 2. The third-order valence-electron chi connectivity index (χ3n) is 7.00. The molecular weight excluding hydrogens is 671 g/mol. The van der Waals surface area contributed by atoms with Crippen LogP contribution in [-0.2, 0) is 61.2 Å². The number of alkyl halides is 1. The number of rotatable bonds is 2. The zero-order chi connectivity index (χ0) is 31.0. The van der Waals surface area contributed by atoms with Crippen LogP contribution in [0.2, 0.25) is 0 Å². The van der Waals surface area contributed by atoms with E-state index in [4.69, 9.17) is 68.1 Å². The first-order valence-corrected chi connectivity index (χ1v) is 17.7. The molecule has 2 unspecified atom stereocenters. The van der Waals surface area contributed by atoms with Gasteiger partial charge in [-0.25, -0.2) is 29.3 Å². The second-order valence-electron chi connectivity index (χ2n) is 9.72. The smallest absolute Gasteiger partial charge is 0.353 e. The monoisotopic (exact) mass is 692 g/mol. The van der Waals surface area contributed by atoms with Crippen LogP contribution in [0.1, 0.15) is 12.5 Å². The van der Waals surface area contributed by atoms with Gasteiger partial charge in [0.25, 0.3) is 0 Å². The largest absolute Gasteiger partial charge is 0.660 e. The van der Waals surface area contributed by atoms with Gasteiger partial charge in [0.05, 0.1) is 24.9 Å². The van der Waals surface area contributed by atoms with Gasteiger partial charge >= 0.3 is 6.72 Å². The van der Waals surface area contributed by atoms with Crippen molar-refractivity contribution in [2.24, 2.45) is 0 Å². The highest BCUT2D eigenvalue weighted by Crippen LogP contribution is 2.55. The maximum Gasteiger partial charge on any atom is 0.353 e. The van der Waals surface area contributed by atoms with Crippen LogP contribution in [0.15, 0.2) is 31.2 Å². The van der Waals surface area contributed by atoms with Gasteiger partial charge in [-0.05, 0) is 17.9 Å². The van der Waals surface area contributed by atoms with Crippen LogP contribution in [0.5, 0.6) is 0 Å². The number of imidazole rings is 2. The van der Waals surface area contributed by atoms with Gasteiger partial charge in [-0.15, -0.1) is 4.67 Å². The summed E-state index contributed by atoms with van der Waals surface area (Å²) in [5.74, 6) is 0.0794. The number of aromatic nitrogens is 7. The molecule has 236 valence electrons. The highest BCUT2D eigenvalue weighted by Gasteiger charge is 2.53. The predicted molar refractivity (Wildman–Crippen MR) is 150 cm³/mol. The van der Waals surface area contributed by atoms with Gasteiger partial charge in [-0.1, -0.05) is 0 Å². The van der Waals surface area contributed by atoms with Crippen LogP contribution < -0.4 is 11.5 Å². The minimum Gasteiger partial charge on any atom is -0.660 e. The lowest BCUT2D eigenvalue weighted by atomic mass is 10.1. The molecule has 44 heavy (non-hydrogen) atoms. The SMILES string of the molecule is Nc1ncnc2c1ncn2[C@@H]1O[C@@H]2COP(=O)([S-])O[C@@H]3[C@@H](OOP(O)(=S)O[C@H]2[C@H]1O)O[C@@H](n1cnc2c(N)ccnc21)[C@@H]3F. The van der Waals surface area contributed by atoms with Gasteiger partial charge in [0.2, 0.25) is 13.1 Å². The molecule has 0 bridgehead atoms. The molecule has 7 rings (SSSR count). The molecule has 19 nitrogen and oxygen atoms in total. The lowest BCUT2D eigenvalue weighted by molar-refractivity contribution is -0.336. The van der Waals surface area contributed by atoms with E-state index in [0.717, 1.165) is 0 Å². The zero-order valence-corrected chi connectivity index (χ0v) is 25.2. The Balaban J connectivity index is 1.17. The minimum atomic E-state index is -4.52. The van der Waals surface area contributed by atoms with E-state index >= 15 is 4.39 Å². The molecule has 6 N–H and O–H groups in total. The Morgan fingerprint density at radius 2 is 1.75 bits per heavy atom. The summed E-state index contributed by atoms with van der Waals surface area (Å²) < 4.78 is 64.6. The topological polar surface area (TPSA) is 248 Å². The Hall–Kier alpha value is -2.43. The van der Waals surface area contributed by atoms with Crippen molar-refractivity contribution in [3.8, 4) is 0 Å². The van der Waals surface area contributed by atoms with Crippen molar-refractivity contribution in [3.63, 3.8) is 0 Å². The Morgan fingerprint density at radius 3 is 2.55 bits per heavy atom. The van der Waals surface area contributed by atoms with Crippen molar-refractivity contribution >= 4 is 71.4 Å². The quantitative estimate of drug-likeness (QED) is 0.127. The van der Waals surface area contributed by atoms with Crippen molar-refractivity contribution in [1.29, 1.82) is 0 Å². The lowest BCUT2D eigenvalue weighted by Crippen LogP contribution is -2.37. The van der Waals surface area contributed by atoms with E-state index < -0.39 is 69.5 Å². The van der Waals surface area contributed by atoms with Gasteiger partial charge < -0.3 is 52.2 Å². The fraction of sp³-hybridized carbons (Fsp3) is 0.450. The van der Waals surface area contributed by atoms with Crippen LogP contribution in [-0.4, -0.2) is 87.5 Å². The highest BCUT2D eigenvalue weighted by molar-refractivity contribution is 8.32. The van der Waals surface area contributed by atoms with E-state index in [1.165, 1.54) is 40.4 Å². The summed E-state index contributed by atoms with van der Waals surface area (Å²) in [6, 6.07) is 1.51. The van der Waals surface area contributed by atoms with Crippen molar-refractivity contribution in [2.45, 2.75) is 49.3 Å². The highest BCUT2D eigenvalue weighted by atomic mass is 32.7. The molecule has 4 aromatic rings. The first-order chi connectivity index (χ1) is 20.9. The van der Waals surface area contributed by atoms with E-state index in [0.29, 0.717) is 0 Å². The predicted octanol–water partition coefficient (Wildman–Crippen LogP) is 0.507. The van der Waals surface area contributed by atoms with Crippen LogP contribution >= 0.6 is 13.5 Å². The first-order valence-electron chi connectivity index (χ1n) is 12.6. The molecule has 0 spiro atoms. The number of aliphatic hydroxyl groups is 1. The molecule has 3 fully saturated rings. The van der Waals surface area contributed by atoms with E-state index in [1.54, 1.807) is 0 Å². The third-order valence-corrected chi connectivity index (χ3v) is 9.77. The molecule has 10 atom stereocenters. The molecule has 0 aliphatic carbocycles. The van der Waals surface area contributed by atoms with Crippen LogP contribution in [0, 0.1) is 0 Å². The Bertz CT molecular complexity index is 1710. The summed E-state index contributed by atoms with van der Waals surface area (Å²) in [5, 5.41) is 11.2. The summed E-state index contributed by atoms with van der Waals surface area (Å²) in [5.41, 5.74) is 12.9. The number of hydrogen-bond acceptors (Lipinski definition) is 18. The molecule has 7 heterocycles. The van der Waals surface area contributed by atoms with Crippen LogP contribution in [0.25, 0.3) is 22.3 Å². The van der Waals surface area contributed by atoms with Gasteiger partial charge in [-0.3, -0.25) is 18.2 Å². The third kappa shape index (κ3) is 5.28. The number of halogens is 1. The van der Waals surface area contributed by atoms with Crippen molar-refractivity contribution in [1.82, 2.24) is 34.1 Å². The van der Waals surface area contributed by atoms with Crippen molar-refractivity contribution < 1.29 is 51.6 Å². The molecular formula is C20H21FN9O10P2S2-. The molecule has 3 aliphatic heterocycles. The second kappa shape index (κ2) is 11.1. The van der Waals surface area contributed by atoms with Gasteiger partial charge in [0, 0.05) is 6.20 Å². The number of nitrogens with two attached hydrogens (primary N) is 2. The molecule has 3 aliphatic rings. The van der Waals surface area contributed by atoms with Crippen LogP contribution in [0.4, 0.5) is 15.9 Å². The number of aliphatic hydroxyl groups excluding tert-OH is 1. The van der Waals surface area contributed by atoms with Crippen LogP contribution in [0.3, 0.4) is 0 Å². The Kier molecular flexibility index (Phi) is 7.64. The van der Waals surface area contributed by atoms with Gasteiger partial charge in [-0.2, -0.15) is 4.89 Å². The molecule has 0 amide bonds. The van der Waals surface area contributed by atoms with E-state index in [2.05, 4.69) is 24.9 Å². The maximum absolute atomic E-state index is 15.9. The summed E-state index contributed by atoms with van der Waals surface area (Å²) in [7, 11) is 0. The number of nitrogen functional groups attached to an aromatic ring is 2. The number of ether oxygens (including phenoxy) is 2. The van der Waals surface area contributed by atoms with E-state index in [-0.39, 0.29) is 33.8 Å². The number of pyridine rings is 1. The molecule has 24 heteroatoms. The molecule has 0 saturated carbocycles. The Morgan fingerprint density at radius 1 is 1.02 bits per heavy atom. The summed E-state index contributed by atoms with van der Waals surface area (Å²) in [6.45, 7) is -9.52. The van der Waals surface area contributed by atoms with Crippen molar-refractivity contribution in [2.75, 3.05) is 18.1 Å². The minimum absolute atomic E-state index is 0.0794. The van der Waals surface area contributed by atoms with E-state index in [9.17, 15) is 14.6 Å². The average Bonchev–Trinajstić information content (AvgIpc) is 3.73. The number of hydrogen-bond donors (Lipinski definition) is 4. The van der Waals surface area contributed by atoms with E-state index in [1.807, 2.05) is 0 Å². The average molecular weight is 693 g/mol. The summed E-state index contributed by atoms with van der Waals surface area (Å²) in [6.07, 6.45) is -7.70. The fourth-order valence-corrected chi connectivity index (χ4v) is 7.61. The fourth-order valence-electron chi connectivity index (χ4n) is 5.03. The zero-order valence-electron chi connectivity index (χ0n) is 21.7. The standard InChI is InChI=1S/C20H22FN9O10P2S2/c21-9-14-20(36-18(9)29-5-27-10-7(22)1-2-24-16(10)29)37-40-42(33,44)38-13-8(3-34-41(32,43)39-14)35-19(12(13)31)30-6-28-11-15(23)25-4-26-17(11)30/h1-2,4-6,8-9,12-14,18-20,31H,3H2,(H2,22,24)(H,32,43)(H,33,44)(H2,23,25,26)/p-1/t8-,9-,12-,13-,14+,18-,19-,20-,41?,42?/m1/s1. The second-order valence-corrected chi connectivity index (χ2v) is 15.1. The number of nitrogens with zero attached hydrogens (tertiary/aromatic N) is 7. The molecule has 0 radical (unpaired) electrons. The maximum atomic E-state index is 15.9. The summed E-state index contributed by atoms with van der Waals surface area (Å²) >= 11 is 10.1. The lowest BCUT2D eigenvalue weighted by Gasteiger charge is -2.32. The molecule has 0 aromatic carbocycles. The first kappa shape index (κ1) is 30.2. The van der Waals surface area contributed by atoms with Gasteiger partial charge in [0.15, 0.2) is 41.8 Å². The Labute approximate surface area is 255 Å². The van der Waals surface area contributed by atoms with Crippen molar-refractivity contribution in [3.05, 3.63) is 31.2 Å². The number of fused-ring (bicyclic) bond motifs is 4. The molecule has 4 aromatic heterocycles. The summed E-state index contributed by atoms with van der Waals surface area (Å²) in [4.78, 5) is 36.4. The van der Waals surface area contributed by atoms with Gasteiger partial charge in [0.1, 0.15) is 35.7 Å². The normalized spacial score (nSPS) is 38.3. The molecule has 3 saturated heterocycles.